The number of rotatable bonds is 14. The second kappa shape index (κ2) is 13.5. The standard InChI is InChI=1S/C12H20I2N4O4/c13-9-12(19)11-10-18(17-16-11)2-4-21-6-8-22-7-5-20-3-1-15-14/h10,15H,1-9H2. The van der Waals surface area contributed by atoms with E-state index in [9.17, 15) is 4.79 Å². The number of nitrogens with zero attached hydrogens (tertiary/aromatic N) is 3. The van der Waals surface area contributed by atoms with E-state index in [1.165, 1.54) is 0 Å². The summed E-state index contributed by atoms with van der Waals surface area (Å²) >= 11 is 4.09. The quantitative estimate of drug-likeness (QED) is 0.124. The number of hydrogen-bond donors (Lipinski definition) is 1. The summed E-state index contributed by atoms with van der Waals surface area (Å²) in [6.07, 6.45) is 1.64. The van der Waals surface area contributed by atoms with Crippen molar-refractivity contribution in [2.45, 2.75) is 6.54 Å². The van der Waals surface area contributed by atoms with Gasteiger partial charge in [0.05, 0.1) is 56.8 Å². The first-order valence-corrected chi connectivity index (χ1v) is 9.44. The molecular weight excluding hydrogens is 518 g/mol. The van der Waals surface area contributed by atoms with Crippen molar-refractivity contribution in [1.82, 2.24) is 18.5 Å². The van der Waals surface area contributed by atoms with Crippen molar-refractivity contribution in [2.24, 2.45) is 0 Å². The van der Waals surface area contributed by atoms with Crippen LogP contribution in [0.3, 0.4) is 0 Å². The molecule has 0 amide bonds. The predicted octanol–water partition coefficient (Wildman–Crippen LogP) is 0.885. The Morgan fingerprint density at radius 3 is 2.41 bits per heavy atom. The highest BCUT2D eigenvalue weighted by Crippen LogP contribution is 1.98. The molecular formula is C12H20I2N4O4. The molecule has 0 atom stereocenters. The smallest absolute Gasteiger partial charge is 0.194 e. The molecule has 0 aliphatic carbocycles. The SMILES string of the molecule is O=C(CI)c1cn(CCOCCOCCOCCNI)nn1. The van der Waals surface area contributed by atoms with E-state index in [0.29, 0.717) is 56.3 Å². The first-order valence-electron chi connectivity index (χ1n) is 6.84. The van der Waals surface area contributed by atoms with Crippen LogP contribution in [0.1, 0.15) is 10.5 Å². The zero-order valence-electron chi connectivity index (χ0n) is 12.2. The normalized spacial score (nSPS) is 11.0. The van der Waals surface area contributed by atoms with Crippen LogP contribution in [-0.2, 0) is 20.8 Å². The molecule has 1 aromatic heterocycles. The van der Waals surface area contributed by atoms with Crippen molar-refractivity contribution >= 4 is 51.2 Å². The molecule has 0 unspecified atom stereocenters. The summed E-state index contributed by atoms with van der Waals surface area (Å²) in [7, 11) is 0. The molecule has 0 aliphatic rings. The van der Waals surface area contributed by atoms with E-state index in [0.717, 1.165) is 6.54 Å². The topological polar surface area (TPSA) is 87.5 Å². The molecule has 1 N–H and O–H groups in total. The van der Waals surface area contributed by atoms with E-state index >= 15 is 0 Å². The number of carbonyl (C=O) groups excluding carboxylic acids is 1. The van der Waals surface area contributed by atoms with Crippen molar-refractivity contribution in [3.05, 3.63) is 11.9 Å². The number of alkyl halides is 1. The van der Waals surface area contributed by atoms with Gasteiger partial charge in [-0.3, -0.25) is 8.32 Å². The van der Waals surface area contributed by atoms with Gasteiger partial charge in [-0.25, -0.2) is 4.68 Å². The van der Waals surface area contributed by atoms with Gasteiger partial charge in [0.25, 0.3) is 0 Å². The maximum absolute atomic E-state index is 11.4. The molecule has 10 heteroatoms. The largest absolute Gasteiger partial charge is 0.378 e. The van der Waals surface area contributed by atoms with Gasteiger partial charge in [-0.05, 0) is 0 Å². The Bertz CT molecular complexity index is 420. The zero-order chi connectivity index (χ0) is 16.0. The fourth-order valence-electron chi connectivity index (χ4n) is 1.41. The number of ether oxygens (including phenoxy) is 3. The van der Waals surface area contributed by atoms with E-state index in [2.05, 4.69) is 36.7 Å². The third kappa shape index (κ3) is 9.29. The number of halogens is 2. The summed E-state index contributed by atoms with van der Waals surface area (Å²) < 4.78 is 21.1. The molecule has 0 saturated heterocycles. The Labute approximate surface area is 157 Å². The molecule has 1 aromatic rings. The van der Waals surface area contributed by atoms with Crippen LogP contribution in [0, 0.1) is 0 Å². The molecule has 126 valence electrons. The number of hydrogen-bond acceptors (Lipinski definition) is 7. The Balaban J connectivity index is 1.93. The van der Waals surface area contributed by atoms with Crippen LogP contribution < -0.4 is 3.53 Å². The van der Waals surface area contributed by atoms with Crippen LogP contribution in [0.25, 0.3) is 0 Å². The second-order valence-corrected chi connectivity index (χ2v) is 5.67. The first kappa shape index (κ1) is 20.2. The Kier molecular flexibility index (Phi) is 12.4. The maximum Gasteiger partial charge on any atom is 0.194 e. The van der Waals surface area contributed by atoms with Crippen LogP contribution in [0.5, 0.6) is 0 Å². The number of Topliss-reactive ketones (excluding diaryl/α,β-unsaturated/α-hetero) is 1. The van der Waals surface area contributed by atoms with Gasteiger partial charge in [-0.1, -0.05) is 27.8 Å². The highest BCUT2D eigenvalue weighted by atomic mass is 127. The monoisotopic (exact) mass is 538 g/mol. The minimum absolute atomic E-state index is 0.0161. The molecule has 0 spiro atoms. The van der Waals surface area contributed by atoms with Gasteiger partial charge in [0.15, 0.2) is 5.78 Å². The summed E-state index contributed by atoms with van der Waals surface area (Å²) in [6.45, 7) is 4.78. The van der Waals surface area contributed by atoms with Gasteiger partial charge in [0.1, 0.15) is 5.69 Å². The molecule has 0 fully saturated rings. The number of ketones is 1. The van der Waals surface area contributed by atoms with Crippen molar-refractivity contribution in [3.8, 4) is 0 Å². The lowest BCUT2D eigenvalue weighted by Gasteiger charge is -2.06. The maximum atomic E-state index is 11.4. The fourth-order valence-corrected chi connectivity index (χ4v) is 2.03. The first-order chi connectivity index (χ1) is 10.8. The van der Waals surface area contributed by atoms with Gasteiger partial charge >= 0.3 is 0 Å². The zero-order valence-corrected chi connectivity index (χ0v) is 16.5. The highest BCUT2D eigenvalue weighted by molar-refractivity contribution is 14.1. The fraction of sp³-hybridized carbons (Fsp3) is 0.750. The summed E-state index contributed by atoms with van der Waals surface area (Å²) in [4.78, 5) is 11.4. The Morgan fingerprint density at radius 1 is 1.14 bits per heavy atom. The van der Waals surface area contributed by atoms with E-state index < -0.39 is 0 Å². The van der Waals surface area contributed by atoms with Gasteiger partial charge in [-0.15, -0.1) is 5.10 Å². The molecule has 1 rings (SSSR count). The van der Waals surface area contributed by atoms with E-state index in [1.54, 1.807) is 10.9 Å². The molecule has 0 bridgehead atoms. The Morgan fingerprint density at radius 2 is 1.77 bits per heavy atom. The summed E-state index contributed by atoms with van der Waals surface area (Å²) in [5, 5.41) is 7.69. The van der Waals surface area contributed by atoms with Gasteiger partial charge < -0.3 is 14.2 Å². The molecule has 0 radical (unpaired) electrons. The second-order valence-electron chi connectivity index (χ2n) is 4.14. The average Bonchev–Trinajstić information content (AvgIpc) is 3.00. The lowest BCUT2D eigenvalue weighted by atomic mass is 10.3. The summed E-state index contributed by atoms with van der Waals surface area (Å²) in [5.41, 5.74) is 0.399. The van der Waals surface area contributed by atoms with E-state index in [1.807, 2.05) is 22.6 Å². The van der Waals surface area contributed by atoms with Crippen molar-refractivity contribution in [1.29, 1.82) is 0 Å². The van der Waals surface area contributed by atoms with Crippen LogP contribution in [0.2, 0.25) is 0 Å². The molecule has 0 aromatic carbocycles. The number of nitrogens with one attached hydrogen (secondary N) is 1. The highest BCUT2D eigenvalue weighted by Gasteiger charge is 2.08. The predicted molar refractivity (Wildman–Crippen MR) is 97.7 cm³/mol. The van der Waals surface area contributed by atoms with Crippen molar-refractivity contribution in [3.63, 3.8) is 0 Å². The summed E-state index contributed by atoms with van der Waals surface area (Å²) in [6, 6.07) is 0. The molecule has 8 nitrogen and oxygen atoms in total. The third-order valence-electron chi connectivity index (χ3n) is 2.50. The molecule has 0 aliphatic heterocycles. The van der Waals surface area contributed by atoms with Gasteiger partial charge in [-0.2, -0.15) is 0 Å². The van der Waals surface area contributed by atoms with Gasteiger partial charge in [0, 0.05) is 29.4 Å². The van der Waals surface area contributed by atoms with E-state index in [-0.39, 0.29) is 5.78 Å². The number of aromatic nitrogens is 3. The van der Waals surface area contributed by atoms with Crippen LogP contribution in [0.15, 0.2) is 6.20 Å². The van der Waals surface area contributed by atoms with Crippen LogP contribution in [0.4, 0.5) is 0 Å². The lowest BCUT2D eigenvalue weighted by Crippen LogP contribution is -2.14. The van der Waals surface area contributed by atoms with Crippen molar-refractivity contribution in [2.75, 3.05) is 50.6 Å². The average molecular weight is 538 g/mol. The van der Waals surface area contributed by atoms with Crippen LogP contribution in [-0.4, -0.2) is 71.4 Å². The third-order valence-corrected chi connectivity index (χ3v) is 3.73. The summed E-state index contributed by atoms with van der Waals surface area (Å²) in [5.74, 6) is -0.0161. The molecule has 22 heavy (non-hydrogen) atoms. The van der Waals surface area contributed by atoms with E-state index in [4.69, 9.17) is 14.2 Å². The minimum Gasteiger partial charge on any atom is -0.378 e. The van der Waals surface area contributed by atoms with Crippen LogP contribution >= 0.6 is 45.5 Å². The van der Waals surface area contributed by atoms with Crippen molar-refractivity contribution < 1.29 is 19.0 Å². The number of carbonyl (C=O) groups is 1. The van der Waals surface area contributed by atoms with Gasteiger partial charge in [0.2, 0.25) is 0 Å². The Hall–Kier alpha value is 0.110. The minimum atomic E-state index is -0.0161. The molecule has 0 saturated carbocycles. The molecule has 1 heterocycles. The lowest BCUT2D eigenvalue weighted by molar-refractivity contribution is 0.0139.